The number of nitrogen functional groups attached to an aromatic ring is 1. The number of likely N-dealkylation sites (N-methyl/N-ethyl adjacent to an activating group) is 1. The summed E-state index contributed by atoms with van der Waals surface area (Å²) in [5, 5.41) is 3.45. The minimum Gasteiger partial charge on any atom is -0.461 e. The van der Waals surface area contributed by atoms with Gasteiger partial charge in [0, 0.05) is 17.1 Å². The molecule has 1 aromatic carbocycles. The van der Waals surface area contributed by atoms with Crippen molar-refractivity contribution in [3.05, 3.63) is 34.2 Å². The van der Waals surface area contributed by atoms with Gasteiger partial charge in [-0.15, -0.1) is 0 Å². The number of carbonyl (C=O) groups is 1. The molecule has 0 radical (unpaired) electrons. The number of azide groups is 1. The van der Waals surface area contributed by atoms with Crippen LogP contribution in [0, 0.1) is 0 Å². The third-order valence-corrected chi connectivity index (χ3v) is 2.93. The molecule has 2 N–H and O–H groups in total. The predicted octanol–water partition coefficient (Wildman–Crippen LogP) is 2.71. The molecule has 0 aliphatic carbocycles. The average Bonchev–Trinajstić information content (AvgIpc) is 2.44. The fourth-order valence-corrected chi connectivity index (χ4v) is 1.74. The molecule has 0 aliphatic rings. The summed E-state index contributed by atoms with van der Waals surface area (Å²) in [5.41, 5.74) is 14.9. The molecule has 0 unspecified atom stereocenters. The van der Waals surface area contributed by atoms with Gasteiger partial charge < -0.3 is 15.4 Å². The summed E-state index contributed by atoms with van der Waals surface area (Å²) in [5.74, 6) is -0.514. The molecule has 0 heterocycles. The van der Waals surface area contributed by atoms with Crippen LogP contribution >= 0.6 is 0 Å². The second kappa shape index (κ2) is 8.04. The van der Waals surface area contributed by atoms with Gasteiger partial charge in [0.1, 0.15) is 6.61 Å². The van der Waals surface area contributed by atoms with E-state index in [9.17, 15) is 4.79 Å². The smallest absolute Gasteiger partial charge is 0.338 e. The Labute approximate surface area is 117 Å². The molecule has 0 saturated heterocycles. The Morgan fingerprint density at radius 1 is 1.45 bits per heavy atom. The molecule has 7 heteroatoms. The molecule has 0 spiro atoms. The number of nitrogens with two attached hydrogens (primary N) is 1. The molecule has 1 aromatic rings. The van der Waals surface area contributed by atoms with Gasteiger partial charge in [0.15, 0.2) is 0 Å². The maximum atomic E-state index is 11.9. The van der Waals surface area contributed by atoms with E-state index < -0.39 is 5.97 Å². The van der Waals surface area contributed by atoms with Crippen LogP contribution in [0.25, 0.3) is 10.4 Å². The number of rotatable bonds is 7. The molecule has 7 nitrogen and oxygen atoms in total. The first kappa shape index (κ1) is 15.8. The van der Waals surface area contributed by atoms with Crippen LogP contribution in [-0.2, 0) is 4.74 Å². The number of hydrogen-bond donors (Lipinski definition) is 1. The van der Waals surface area contributed by atoms with Crippen LogP contribution in [0.15, 0.2) is 23.3 Å². The van der Waals surface area contributed by atoms with Crippen molar-refractivity contribution in [1.29, 1.82) is 0 Å². The number of anilines is 1. The summed E-state index contributed by atoms with van der Waals surface area (Å²) in [4.78, 5) is 16.8. The van der Waals surface area contributed by atoms with E-state index in [1.807, 2.05) is 13.8 Å². The lowest BCUT2D eigenvalue weighted by molar-refractivity contribution is 0.0467. The Balaban J connectivity index is 2.70. The van der Waals surface area contributed by atoms with E-state index in [1.54, 1.807) is 6.07 Å². The van der Waals surface area contributed by atoms with E-state index in [2.05, 4.69) is 14.9 Å². The van der Waals surface area contributed by atoms with Gasteiger partial charge in [-0.1, -0.05) is 19.0 Å². The first-order valence-corrected chi connectivity index (χ1v) is 6.46. The molecule has 20 heavy (non-hydrogen) atoms. The monoisotopic (exact) mass is 277 g/mol. The molecule has 1 rings (SSSR count). The van der Waals surface area contributed by atoms with Crippen LogP contribution in [0.4, 0.5) is 11.4 Å². The van der Waals surface area contributed by atoms with Gasteiger partial charge in [0.05, 0.1) is 11.3 Å². The maximum absolute atomic E-state index is 11.9. The summed E-state index contributed by atoms with van der Waals surface area (Å²) >= 11 is 0. The molecule has 0 aliphatic heterocycles. The summed E-state index contributed by atoms with van der Waals surface area (Å²) in [6.45, 7) is 6.86. The van der Waals surface area contributed by atoms with Crippen molar-refractivity contribution in [1.82, 2.24) is 4.90 Å². The van der Waals surface area contributed by atoms with E-state index in [0.29, 0.717) is 18.8 Å². The second-order valence-corrected chi connectivity index (χ2v) is 4.13. The normalized spacial score (nSPS) is 10.2. The first-order chi connectivity index (χ1) is 9.62. The molecular formula is C13H19N5O2. The molecule has 0 atom stereocenters. The van der Waals surface area contributed by atoms with E-state index in [-0.39, 0.29) is 11.3 Å². The molecule has 0 bridgehead atoms. The number of carbonyl (C=O) groups excluding carboxylic acids is 1. The number of benzene rings is 1. The van der Waals surface area contributed by atoms with E-state index >= 15 is 0 Å². The van der Waals surface area contributed by atoms with Gasteiger partial charge >= 0.3 is 5.97 Å². The lowest BCUT2D eigenvalue weighted by atomic mass is 10.1. The van der Waals surface area contributed by atoms with Crippen molar-refractivity contribution >= 4 is 17.3 Å². The zero-order valence-corrected chi connectivity index (χ0v) is 11.7. The van der Waals surface area contributed by atoms with E-state index in [4.69, 9.17) is 16.0 Å². The number of esters is 1. The molecule has 0 fully saturated rings. The fourth-order valence-electron chi connectivity index (χ4n) is 1.74. The van der Waals surface area contributed by atoms with E-state index in [0.717, 1.165) is 13.1 Å². The van der Waals surface area contributed by atoms with Crippen LogP contribution in [-0.4, -0.2) is 37.1 Å². The van der Waals surface area contributed by atoms with Crippen molar-refractivity contribution in [2.75, 3.05) is 32.0 Å². The number of ether oxygens (including phenoxy) is 1. The van der Waals surface area contributed by atoms with Crippen molar-refractivity contribution in [2.24, 2.45) is 5.11 Å². The summed E-state index contributed by atoms with van der Waals surface area (Å²) in [6, 6.07) is 4.51. The Hall–Kier alpha value is -2.24. The molecule has 108 valence electrons. The van der Waals surface area contributed by atoms with Gasteiger partial charge in [0.2, 0.25) is 0 Å². The topological polar surface area (TPSA) is 104 Å². The third kappa shape index (κ3) is 4.46. The van der Waals surface area contributed by atoms with Crippen LogP contribution in [0.1, 0.15) is 24.2 Å². The summed E-state index contributed by atoms with van der Waals surface area (Å²) in [7, 11) is 0. The van der Waals surface area contributed by atoms with Crippen LogP contribution in [0.5, 0.6) is 0 Å². The van der Waals surface area contributed by atoms with Gasteiger partial charge in [-0.25, -0.2) is 4.79 Å². The molecular weight excluding hydrogens is 258 g/mol. The average molecular weight is 277 g/mol. The minimum absolute atomic E-state index is 0.181. The second-order valence-electron chi connectivity index (χ2n) is 4.13. The highest BCUT2D eigenvalue weighted by Gasteiger charge is 2.12. The number of nitrogens with zero attached hydrogens (tertiary/aromatic N) is 4. The Bertz CT molecular complexity index is 507. The summed E-state index contributed by atoms with van der Waals surface area (Å²) < 4.78 is 5.18. The first-order valence-electron chi connectivity index (χ1n) is 6.46. The highest BCUT2D eigenvalue weighted by molar-refractivity contribution is 5.95. The third-order valence-electron chi connectivity index (χ3n) is 2.93. The van der Waals surface area contributed by atoms with Crippen molar-refractivity contribution in [2.45, 2.75) is 13.8 Å². The maximum Gasteiger partial charge on any atom is 0.338 e. The highest BCUT2D eigenvalue weighted by atomic mass is 16.5. The van der Waals surface area contributed by atoms with E-state index in [1.165, 1.54) is 12.1 Å². The highest BCUT2D eigenvalue weighted by Crippen LogP contribution is 2.23. The van der Waals surface area contributed by atoms with Crippen molar-refractivity contribution in [3.8, 4) is 0 Å². The lowest BCUT2D eigenvalue weighted by Crippen LogP contribution is -2.27. The van der Waals surface area contributed by atoms with Crippen LogP contribution in [0.3, 0.4) is 0 Å². The number of hydrogen-bond acceptors (Lipinski definition) is 5. The minimum atomic E-state index is -0.514. The predicted molar refractivity (Wildman–Crippen MR) is 77.7 cm³/mol. The SMILES string of the molecule is CCN(CC)CCOC(=O)c1ccc(N)cc1N=[N+]=[N-]. The Morgan fingerprint density at radius 2 is 2.15 bits per heavy atom. The van der Waals surface area contributed by atoms with Crippen molar-refractivity contribution in [3.63, 3.8) is 0 Å². The van der Waals surface area contributed by atoms with Crippen molar-refractivity contribution < 1.29 is 9.53 Å². The van der Waals surface area contributed by atoms with Gasteiger partial charge in [-0.3, -0.25) is 0 Å². The fraction of sp³-hybridized carbons (Fsp3) is 0.462. The van der Waals surface area contributed by atoms with Crippen LogP contribution in [0.2, 0.25) is 0 Å². The van der Waals surface area contributed by atoms with Gasteiger partial charge in [-0.05, 0) is 36.8 Å². The lowest BCUT2D eigenvalue weighted by Gasteiger charge is -2.17. The Kier molecular flexibility index (Phi) is 6.36. The molecule has 0 amide bonds. The summed E-state index contributed by atoms with van der Waals surface area (Å²) in [6.07, 6.45) is 0. The van der Waals surface area contributed by atoms with Crippen LogP contribution < -0.4 is 5.73 Å². The largest absolute Gasteiger partial charge is 0.461 e. The van der Waals surface area contributed by atoms with Gasteiger partial charge in [0.25, 0.3) is 0 Å². The zero-order valence-electron chi connectivity index (χ0n) is 11.7. The molecule has 0 saturated carbocycles. The standard InChI is InChI=1S/C13H19N5O2/c1-3-18(4-2)7-8-20-13(19)11-6-5-10(14)9-12(11)16-17-15/h5-6,9H,3-4,7-8,14H2,1-2H3. The zero-order chi connectivity index (χ0) is 15.0. The van der Waals surface area contributed by atoms with Gasteiger partial charge in [-0.2, -0.15) is 0 Å². The quantitative estimate of drug-likeness (QED) is 0.272. The molecule has 0 aromatic heterocycles. The Morgan fingerprint density at radius 3 is 2.75 bits per heavy atom.